The number of unbranched alkanes of at least 4 members (excludes halogenated alkanes) is 4. The van der Waals surface area contributed by atoms with Crippen LogP contribution in [0.4, 0.5) is 11.4 Å². The summed E-state index contributed by atoms with van der Waals surface area (Å²) in [6, 6.07) is 15.5. The minimum atomic E-state index is -0.113. The second-order valence-electron chi connectivity index (χ2n) is 7.66. The number of anilines is 2. The van der Waals surface area contributed by atoms with Crippen molar-refractivity contribution in [1.29, 1.82) is 0 Å². The molecule has 0 aliphatic carbocycles. The van der Waals surface area contributed by atoms with Gasteiger partial charge in [0.1, 0.15) is 11.1 Å². The minimum absolute atomic E-state index is 0.0573. The Kier molecular flexibility index (Phi) is 8.83. The summed E-state index contributed by atoms with van der Waals surface area (Å²) in [7, 11) is 0. The third kappa shape index (κ3) is 6.26. The summed E-state index contributed by atoms with van der Waals surface area (Å²) < 4.78 is 5.75. The number of amides is 2. The Balaban J connectivity index is 1.65. The smallest absolute Gasteiger partial charge is 0.238 e. The summed E-state index contributed by atoms with van der Waals surface area (Å²) >= 11 is 1.60. The highest BCUT2D eigenvalue weighted by Crippen LogP contribution is 2.44. The van der Waals surface area contributed by atoms with E-state index in [2.05, 4.69) is 12.2 Å². The van der Waals surface area contributed by atoms with E-state index < -0.39 is 0 Å². The van der Waals surface area contributed by atoms with Crippen LogP contribution in [-0.2, 0) is 9.59 Å². The number of benzene rings is 2. The fraction of sp³-hybridized carbons (Fsp3) is 0.440. The number of thioether (sulfide) groups is 1. The molecule has 31 heavy (non-hydrogen) atoms. The highest BCUT2D eigenvalue weighted by atomic mass is 32.2. The van der Waals surface area contributed by atoms with Crippen LogP contribution < -0.4 is 15.0 Å². The maximum Gasteiger partial charge on any atom is 0.238 e. The number of ether oxygens (including phenoxy) is 1. The summed E-state index contributed by atoms with van der Waals surface area (Å²) in [5.41, 5.74) is 2.61. The Morgan fingerprint density at radius 2 is 1.81 bits per heavy atom. The van der Waals surface area contributed by atoms with Gasteiger partial charge >= 0.3 is 0 Å². The molecular weight excluding hydrogens is 408 g/mol. The van der Waals surface area contributed by atoms with Gasteiger partial charge in [0, 0.05) is 12.1 Å². The molecule has 0 unspecified atom stereocenters. The van der Waals surface area contributed by atoms with Gasteiger partial charge in [0.15, 0.2) is 0 Å². The lowest BCUT2D eigenvalue weighted by atomic mass is 10.1. The Morgan fingerprint density at radius 1 is 1.06 bits per heavy atom. The van der Waals surface area contributed by atoms with Gasteiger partial charge in [0.25, 0.3) is 0 Å². The molecule has 2 aromatic rings. The van der Waals surface area contributed by atoms with E-state index in [0.717, 1.165) is 29.8 Å². The van der Waals surface area contributed by atoms with Gasteiger partial charge in [-0.3, -0.25) is 14.5 Å². The van der Waals surface area contributed by atoms with Crippen LogP contribution in [0.1, 0.15) is 63.3 Å². The zero-order valence-corrected chi connectivity index (χ0v) is 19.2. The minimum Gasteiger partial charge on any atom is -0.492 e. The van der Waals surface area contributed by atoms with Crippen LogP contribution in [0.2, 0.25) is 0 Å². The van der Waals surface area contributed by atoms with Crippen molar-refractivity contribution in [2.45, 2.75) is 57.7 Å². The van der Waals surface area contributed by atoms with Crippen molar-refractivity contribution in [2.24, 2.45) is 0 Å². The van der Waals surface area contributed by atoms with Crippen LogP contribution in [0, 0.1) is 0 Å². The number of rotatable bonds is 11. The van der Waals surface area contributed by atoms with Crippen molar-refractivity contribution in [3.05, 3.63) is 54.1 Å². The Labute approximate surface area is 189 Å². The van der Waals surface area contributed by atoms with Crippen molar-refractivity contribution in [1.82, 2.24) is 0 Å². The topological polar surface area (TPSA) is 58.6 Å². The fourth-order valence-corrected chi connectivity index (χ4v) is 4.88. The van der Waals surface area contributed by atoms with E-state index in [1.807, 2.05) is 60.4 Å². The molecule has 0 saturated carbocycles. The van der Waals surface area contributed by atoms with Crippen LogP contribution in [-0.4, -0.2) is 24.2 Å². The molecule has 0 aromatic heterocycles. The van der Waals surface area contributed by atoms with Gasteiger partial charge in [-0.15, -0.1) is 11.8 Å². The maximum atomic E-state index is 12.7. The van der Waals surface area contributed by atoms with Crippen LogP contribution >= 0.6 is 11.8 Å². The second-order valence-corrected chi connectivity index (χ2v) is 8.73. The van der Waals surface area contributed by atoms with Gasteiger partial charge in [0.2, 0.25) is 11.8 Å². The van der Waals surface area contributed by atoms with Crippen LogP contribution in [0.15, 0.2) is 48.5 Å². The number of nitrogens with one attached hydrogen (secondary N) is 1. The molecule has 3 rings (SSSR count). The lowest BCUT2D eigenvalue weighted by Crippen LogP contribution is -2.28. The first-order valence-electron chi connectivity index (χ1n) is 11.2. The first-order chi connectivity index (χ1) is 15.1. The number of para-hydroxylation sites is 2. The number of carbonyl (C=O) groups is 2. The normalized spacial score (nSPS) is 15.9. The number of hydrogen-bond donors (Lipinski definition) is 1. The van der Waals surface area contributed by atoms with E-state index in [1.54, 1.807) is 11.8 Å². The molecule has 1 fully saturated rings. The standard InChI is InChI=1S/C25H32N2O3S/c1-3-5-6-7-8-13-23(28)26-20-16-14-19(15-17-20)25-27(24(29)18-31-25)21-11-9-10-12-22(21)30-4-2/h9-12,14-17,25H,3-8,13,18H2,1-2H3,(H,26,28)/t25-/m1/s1. The van der Waals surface area contributed by atoms with Gasteiger partial charge in [-0.1, -0.05) is 56.9 Å². The first-order valence-corrected chi connectivity index (χ1v) is 12.2. The SMILES string of the molecule is CCCCCCCC(=O)Nc1ccc([C@H]2SCC(=O)N2c2ccccc2OCC)cc1. The van der Waals surface area contributed by atoms with Crippen molar-refractivity contribution in [3.8, 4) is 5.75 Å². The molecule has 5 nitrogen and oxygen atoms in total. The predicted octanol–water partition coefficient (Wildman–Crippen LogP) is 6.16. The number of nitrogens with zero attached hydrogens (tertiary/aromatic N) is 1. The average Bonchev–Trinajstić information content (AvgIpc) is 3.16. The molecule has 1 N–H and O–H groups in total. The van der Waals surface area contributed by atoms with E-state index in [4.69, 9.17) is 4.74 Å². The summed E-state index contributed by atoms with van der Waals surface area (Å²) in [5, 5.41) is 2.87. The van der Waals surface area contributed by atoms with Crippen LogP contribution in [0.25, 0.3) is 0 Å². The second kappa shape index (κ2) is 11.8. The Bertz CT molecular complexity index is 869. The largest absolute Gasteiger partial charge is 0.492 e. The van der Waals surface area contributed by atoms with E-state index in [-0.39, 0.29) is 17.2 Å². The zero-order valence-electron chi connectivity index (χ0n) is 18.4. The number of carbonyl (C=O) groups excluding carboxylic acids is 2. The van der Waals surface area contributed by atoms with Gasteiger partial charge in [-0.05, 0) is 43.2 Å². The number of hydrogen-bond acceptors (Lipinski definition) is 4. The van der Waals surface area contributed by atoms with Crippen LogP contribution in [0.5, 0.6) is 5.75 Å². The highest BCUT2D eigenvalue weighted by molar-refractivity contribution is 8.00. The summed E-state index contributed by atoms with van der Waals surface area (Å²) in [4.78, 5) is 26.7. The van der Waals surface area contributed by atoms with Crippen molar-refractivity contribution in [2.75, 3.05) is 22.6 Å². The molecule has 166 valence electrons. The third-order valence-corrected chi connectivity index (χ3v) is 6.49. The maximum absolute atomic E-state index is 12.7. The predicted molar refractivity (Wildman–Crippen MR) is 129 cm³/mol. The fourth-order valence-electron chi connectivity index (χ4n) is 3.71. The van der Waals surface area contributed by atoms with Crippen molar-refractivity contribution >= 4 is 35.0 Å². The molecule has 1 aliphatic heterocycles. The molecule has 1 atom stereocenters. The molecule has 2 aromatic carbocycles. The van der Waals surface area contributed by atoms with E-state index in [1.165, 1.54) is 19.3 Å². The molecule has 1 saturated heterocycles. The lowest BCUT2D eigenvalue weighted by molar-refractivity contribution is -0.116. The van der Waals surface area contributed by atoms with Gasteiger partial charge in [-0.2, -0.15) is 0 Å². The summed E-state index contributed by atoms with van der Waals surface area (Å²) in [5.74, 6) is 1.28. The van der Waals surface area contributed by atoms with Gasteiger partial charge in [0.05, 0.1) is 18.0 Å². The molecule has 1 aliphatic rings. The monoisotopic (exact) mass is 440 g/mol. The molecule has 0 bridgehead atoms. The van der Waals surface area contributed by atoms with E-state index in [9.17, 15) is 9.59 Å². The molecular formula is C25H32N2O3S. The van der Waals surface area contributed by atoms with Gasteiger partial charge < -0.3 is 10.1 Å². The quantitative estimate of drug-likeness (QED) is 0.425. The van der Waals surface area contributed by atoms with Crippen molar-refractivity contribution in [3.63, 3.8) is 0 Å². The van der Waals surface area contributed by atoms with Crippen molar-refractivity contribution < 1.29 is 14.3 Å². The van der Waals surface area contributed by atoms with E-state index in [0.29, 0.717) is 24.5 Å². The molecule has 0 spiro atoms. The Morgan fingerprint density at radius 3 is 2.55 bits per heavy atom. The molecule has 2 amide bonds. The van der Waals surface area contributed by atoms with Crippen LogP contribution in [0.3, 0.4) is 0 Å². The zero-order chi connectivity index (χ0) is 22.1. The summed E-state index contributed by atoms with van der Waals surface area (Å²) in [6.45, 7) is 4.67. The first kappa shape index (κ1) is 23.2. The molecule has 6 heteroatoms. The molecule has 1 heterocycles. The lowest BCUT2D eigenvalue weighted by Gasteiger charge is -2.26. The average molecular weight is 441 g/mol. The molecule has 0 radical (unpaired) electrons. The highest BCUT2D eigenvalue weighted by Gasteiger charge is 2.35. The Hall–Kier alpha value is -2.47. The summed E-state index contributed by atoms with van der Waals surface area (Å²) in [6.07, 6.45) is 6.22. The van der Waals surface area contributed by atoms with E-state index >= 15 is 0 Å². The van der Waals surface area contributed by atoms with Gasteiger partial charge in [-0.25, -0.2) is 0 Å². The third-order valence-electron chi connectivity index (χ3n) is 5.28.